The molecule has 0 spiro atoms. The number of methoxy groups -OCH3 is 1. The van der Waals surface area contributed by atoms with Crippen molar-refractivity contribution in [2.75, 3.05) is 13.7 Å². The summed E-state index contributed by atoms with van der Waals surface area (Å²) in [5, 5.41) is 6.02. The van der Waals surface area contributed by atoms with Gasteiger partial charge >= 0.3 is 6.09 Å². The molecule has 0 saturated carbocycles. The molecule has 9 heteroatoms. The summed E-state index contributed by atoms with van der Waals surface area (Å²) in [5.74, 6) is 0.349. The van der Waals surface area contributed by atoms with Crippen molar-refractivity contribution in [3.63, 3.8) is 0 Å². The number of hydrogen-bond donors (Lipinski definition) is 2. The van der Waals surface area contributed by atoms with Crippen molar-refractivity contribution >= 4 is 39.5 Å². The summed E-state index contributed by atoms with van der Waals surface area (Å²) in [4.78, 5) is 27.8. The van der Waals surface area contributed by atoms with E-state index < -0.39 is 12.2 Å². The lowest BCUT2D eigenvalue weighted by molar-refractivity contribution is -0.119. The maximum atomic E-state index is 12.1. The fourth-order valence-electron chi connectivity index (χ4n) is 3.08. The van der Waals surface area contributed by atoms with E-state index in [1.54, 1.807) is 19.1 Å². The number of carbonyl (C=O) groups is 2. The number of benzene rings is 1. The molecule has 0 bridgehead atoms. The molecule has 1 aromatic heterocycles. The van der Waals surface area contributed by atoms with Crippen molar-refractivity contribution in [2.24, 2.45) is 0 Å². The zero-order chi connectivity index (χ0) is 21.0. The van der Waals surface area contributed by atoms with E-state index in [2.05, 4.69) is 31.5 Å². The minimum atomic E-state index is -0.581. The van der Waals surface area contributed by atoms with Gasteiger partial charge in [-0.2, -0.15) is 0 Å². The molecule has 3 rings (SSSR count). The maximum absolute atomic E-state index is 12.1. The average Bonchev–Trinajstić information content (AvgIpc) is 3.13. The van der Waals surface area contributed by atoms with Gasteiger partial charge in [0.2, 0.25) is 11.8 Å². The monoisotopic (exact) mass is 481 g/mol. The van der Waals surface area contributed by atoms with Crippen molar-refractivity contribution in [1.82, 2.24) is 15.6 Å². The molecule has 0 aliphatic carbocycles. The van der Waals surface area contributed by atoms with E-state index in [0.717, 1.165) is 10.0 Å². The van der Waals surface area contributed by atoms with E-state index in [1.807, 2.05) is 18.2 Å². The van der Waals surface area contributed by atoms with Gasteiger partial charge in [-0.3, -0.25) is 4.79 Å². The molecule has 0 radical (unpaired) electrons. The predicted molar refractivity (Wildman–Crippen MR) is 113 cm³/mol. The normalized spacial score (nSPS) is 16.8. The van der Waals surface area contributed by atoms with Crippen molar-refractivity contribution in [3.8, 4) is 17.1 Å². The molecule has 0 unspecified atom stereocenters. The van der Waals surface area contributed by atoms with Crippen LogP contribution in [0, 0.1) is 0 Å². The van der Waals surface area contributed by atoms with E-state index in [9.17, 15) is 9.59 Å². The first-order valence-electron chi connectivity index (χ1n) is 9.12. The molecule has 2 N–H and O–H groups in total. The molecular formula is C20H21BrClN3O4. The Morgan fingerprint density at radius 1 is 1.41 bits per heavy atom. The topological polar surface area (TPSA) is 89.6 Å². The number of carbonyl (C=O) groups excluding carboxylic acids is 2. The number of rotatable bonds is 6. The lowest BCUT2D eigenvalue weighted by Crippen LogP contribution is -2.38. The molecule has 154 valence electrons. The zero-order valence-corrected chi connectivity index (χ0v) is 18.3. The zero-order valence-electron chi connectivity index (χ0n) is 16.0. The molecule has 1 saturated heterocycles. The lowest BCUT2D eigenvalue weighted by atomic mass is 10.1. The van der Waals surface area contributed by atoms with E-state index in [1.165, 1.54) is 7.11 Å². The smallest absolute Gasteiger partial charge is 0.407 e. The number of ether oxygens (including phenoxy) is 2. The molecule has 7 nitrogen and oxygen atoms in total. The summed E-state index contributed by atoms with van der Waals surface area (Å²) < 4.78 is 11.6. The lowest BCUT2D eigenvalue weighted by Gasteiger charge is -2.18. The second-order valence-electron chi connectivity index (χ2n) is 6.63. The Morgan fingerprint density at radius 3 is 2.90 bits per heavy atom. The summed E-state index contributed by atoms with van der Waals surface area (Å²) in [7, 11) is 1.51. The first kappa shape index (κ1) is 21.4. The second-order valence-corrected chi connectivity index (χ2v) is 7.86. The van der Waals surface area contributed by atoms with Crippen LogP contribution >= 0.6 is 27.5 Å². The van der Waals surface area contributed by atoms with Gasteiger partial charge in [-0.25, -0.2) is 9.78 Å². The third kappa shape index (κ3) is 5.19. The number of alkyl carbamates (subject to hydrolysis) is 1. The van der Waals surface area contributed by atoms with E-state index in [4.69, 9.17) is 21.1 Å². The molecule has 1 aliphatic rings. The molecule has 2 aromatic rings. The van der Waals surface area contributed by atoms with Crippen LogP contribution < -0.4 is 15.4 Å². The number of pyridine rings is 1. The quantitative estimate of drug-likeness (QED) is 0.643. The first-order chi connectivity index (χ1) is 13.9. The molecule has 1 aromatic carbocycles. The molecule has 2 heterocycles. The van der Waals surface area contributed by atoms with Gasteiger partial charge in [0.25, 0.3) is 0 Å². The second kappa shape index (κ2) is 9.45. The van der Waals surface area contributed by atoms with Crippen LogP contribution in [0.3, 0.4) is 0 Å². The number of amides is 2. The van der Waals surface area contributed by atoms with Gasteiger partial charge in [0.05, 0.1) is 23.4 Å². The van der Waals surface area contributed by atoms with Gasteiger partial charge in [-0.1, -0.05) is 23.7 Å². The Labute approximate surface area is 182 Å². The number of halogens is 2. The predicted octanol–water partition coefficient (Wildman–Crippen LogP) is 4.24. The summed E-state index contributed by atoms with van der Waals surface area (Å²) >= 11 is 9.77. The van der Waals surface area contributed by atoms with Crippen LogP contribution in [-0.2, 0) is 9.53 Å². The number of hydrogen-bond acceptors (Lipinski definition) is 5. The molecule has 1 fully saturated rings. The van der Waals surface area contributed by atoms with Crippen molar-refractivity contribution in [3.05, 3.63) is 45.4 Å². The van der Waals surface area contributed by atoms with Gasteiger partial charge < -0.3 is 20.1 Å². The Balaban J connectivity index is 1.68. The van der Waals surface area contributed by atoms with Gasteiger partial charge in [-0.05, 0) is 47.5 Å². The van der Waals surface area contributed by atoms with Crippen molar-refractivity contribution in [2.45, 2.75) is 31.9 Å². The van der Waals surface area contributed by atoms with Crippen LogP contribution in [-0.4, -0.2) is 36.7 Å². The first-order valence-corrected chi connectivity index (χ1v) is 10.3. The molecular weight excluding hydrogens is 462 g/mol. The Kier molecular flexibility index (Phi) is 6.97. The fraction of sp³-hybridized carbons (Fsp3) is 0.350. The Bertz CT molecular complexity index is 925. The maximum Gasteiger partial charge on any atom is 0.407 e. The third-order valence-corrected chi connectivity index (χ3v) is 5.91. The summed E-state index contributed by atoms with van der Waals surface area (Å²) in [6, 6.07) is 9.13. The summed E-state index contributed by atoms with van der Waals surface area (Å²) in [6.07, 6.45) is 0.0311. The van der Waals surface area contributed by atoms with Crippen LogP contribution in [0.15, 0.2) is 34.8 Å². The average molecular weight is 483 g/mol. The van der Waals surface area contributed by atoms with E-state index >= 15 is 0 Å². The van der Waals surface area contributed by atoms with Crippen LogP contribution in [0.2, 0.25) is 5.02 Å². The summed E-state index contributed by atoms with van der Waals surface area (Å²) in [6.45, 7) is 2.06. The highest BCUT2D eigenvalue weighted by atomic mass is 79.9. The third-order valence-electron chi connectivity index (χ3n) is 4.61. The highest BCUT2D eigenvalue weighted by Crippen LogP contribution is 2.35. The standard InChI is InChI=1S/C20H21BrClN3O4/c1-11(29-20(27)23-10-12-6-9-17(26)24-12)13-7-8-16(25-19(13)28-2)14-4-3-5-15(21)18(14)22/h3-5,7-8,11-12H,6,9-10H2,1-2H3,(H,23,27)(H,24,26)/t11-,12+/m1/s1. The molecule has 2 atom stereocenters. The van der Waals surface area contributed by atoms with E-state index in [0.29, 0.717) is 41.5 Å². The highest BCUT2D eigenvalue weighted by Gasteiger charge is 2.23. The van der Waals surface area contributed by atoms with Crippen LogP contribution in [0.4, 0.5) is 4.79 Å². The van der Waals surface area contributed by atoms with Crippen molar-refractivity contribution in [1.29, 1.82) is 0 Å². The molecule has 29 heavy (non-hydrogen) atoms. The largest absolute Gasteiger partial charge is 0.481 e. The van der Waals surface area contributed by atoms with Gasteiger partial charge in [0.1, 0.15) is 6.10 Å². The number of nitrogens with one attached hydrogen (secondary N) is 2. The van der Waals surface area contributed by atoms with Crippen LogP contribution in [0.1, 0.15) is 31.4 Å². The van der Waals surface area contributed by atoms with Gasteiger partial charge in [0, 0.05) is 29.0 Å². The minimum Gasteiger partial charge on any atom is -0.481 e. The molecule has 2 amide bonds. The number of aromatic nitrogens is 1. The van der Waals surface area contributed by atoms with Gasteiger partial charge in [0.15, 0.2) is 0 Å². The van der Waals surface area contributed by atoms with E-state index in [-0.39, 0.29) is 11.9 Å². The minimum absolute atomic E-state index is 0.0000138. The molecule has 1 aliphatic heterocycles. The summed E-state index contributed by atoms with van der Waals surface area (Å²) in [5.41, 5.74) is 2.04. The SMILES string of the molecule is COc1nc(-c2cccc(Br)c2Cl)ccc1[C@@H](C)OC(=O)NC[C@@H]1CCC(=O)N1. The van der Waals surface area contributed by atoms with Crippen LogP contribution in [0.25, 0.3) is 11.3 Å². The number of nitrogens with zero attached hydrogens (tertiary/aromatic N) is 1. The Morgan fingerprint density at radius 2 is 2.21 bits per heavy atom. The van der Waals surface area contributed by atoms with Crippen molar-refractivity contribution < 1.29 is 19.1 Å². The highest BCUT2D eigenvalue weighted by molar-refractivity contribution is 9.10. The van der Waals surface area contributed by atoms with Crippen LogP contribution in [0.5, 0.6) is 5.88 Å². The Hall–Kier alpha value is -2.32. The fourth-order valence-corrected chi connectivity index (χ4v) is 3.67. The van der Waals surface area contributed by atoms with Gasteiger partial charge in [-0.15, -0.1) is 0 Å².